The number of rotatable bonds is 7. The third-order valence-electron chi connectivity index (χ3n) is 4.80. The lowest BCUT2D eigenvalue weighted by molar-refractivity contribution is 0.633. The first-order valence-corrected chi connectivity index (χ1v) is 8.99. The Bertz CT molecular complexity index is 838. The minimum Gasteiger partial charge on any atom is -0.377 e. The molecule has 0 spiro atoms. The molecular formula is C19H26N6O. The summed E-state index contributed by atoms with van der Waals surface area (Å²) in [5, 5.41) is 17.2. The van der Waals surface area contributed by atoms with Crippen LogP contribution >= 0.6 is 0 Å². The van der Waals surface area contributed by atoms with E-state index in [1.54, 1.807) is 0 Å². The molecule has 3 rings (SSSR count). The summed E-state index contributed by atoms with van der Waals surface area (Å²) < 4.78 is 0. The van der Waals surface area contributed by atoms with E-state index in [9.17, 15) is 4.79 Å². The van der Waals surface area contributed by atoms with E-state index in [1.807, 2.05) is 0 Å². The van der Waals surface area contributed by atoms with Crippen LogP contribution in [0.4, 0.5) is 11.6 Å². The molecule has 1 unspecified atom stereocenters. The van der Waals surface area contributed by atoms with Crippen molar-refractivity contribution < 1.29 is 0 Å². The summed E-state index contributed by atoms with van der Waals surface area (Å²) in [6.07, 6.45) is 3.36. The Labute approximate surface area is 153 Å². The standard InChI is InChI=1S/C19H26N6O/c1-12-5-6-14(8-13(12)2)10-23-19-24-16(9-20)17(18(26)25-19)22-11-15-4-3-7-21-15/h5-6,8-9,15,20-22H,3-4,7,10-11H2,1-2H3,(H2,23,24,25,26). The molecule has 26 heavy (non-hydrogen) atoms. The largest absolute Gasteiger partial charge is 0.377 e. The monoisotopic (exact) mass is 354 g/mol. The number of hydrogen-bond acceptors (Lipinski definition) is 6. The highest BCUT2D eigenvalue weighted by Gasteiger charge is 2.16. The third kappa shape index (κ3) is 4.29. The Balaban J connectivity index is 1.70. The van der Waals surface area contributed by atoms with Gasteiger partial charge in [-0.3, -0.25) is 9.78 Å². The van der Waals surface area contributed by atoms with Crippen molar-refractivity contribution in [3.8, 4) is 0 Å². The Hall–Kier alpha value is -2.67. The van der Waals surface area contributed by atoms with Gasteiger partial charge in [0, 0.05) is 25.3 Å². The first-order valence-electron chi connectivity index (χ1n) is 8.99. The van der Waals surface area contributed by atoms with Crippen molar-refractivity contribution in [2.75, 3.05) is 23.7 Å². The zero-order valence-corrected chi connectivity index (χ0v) is 15.3. The van der Waals surface area contributed by atoms with Crippen molar-refractivity contribution in [2.24, 2.45) is 0 Å². The number of H-pyrrole nitrogens is 1. The molecule has 1 aromatic heterocycles. The Morgan fingerprint density at radius 3 is 2.85 bits per heavy atom. The summed E-state index contributed by atoms with van der Waals surface area (Å²) in [5.74, 6) is 0.372. The minimum atomic E-state index is -0.265. The van der Waals surface area contributed by atoms with Gasteiger partial charge in [0.1, 0.15) is 11.4 Å². The Morgan fingerprint density at radius 2 is 2.15 bits per heavy atom. The number of aryl methyl sites for hydroxylation is 2. The second kappa shape index (κ2) is 8.14. The molecule has 0 saturated carbocycles. The van der Waals surface area contributed by atoms with E-state index < -0.39 is 0 Å². The second-order valence-corrected chi connectivity index (χ2v) is 6.77. The number of aromatic amines is 1. The predicted molar refractivity (Wildman–Crippen MR) is 106 cm³/mol. The van der Waals surface area contributed by atoms with Crippen molar-refractivity contribution >= 4 is 17.9 Å². The molecule has 1 aliphatic rings. The van der Waals surface area contributed by atoms with Crippen LogP contribution < -0.4 is 21.5 Å². The van der Waals surface area contributed by atoms with Gasteiger partial charge < -0.3 is 21.4 Å². The molecule has 0 bridgehead atoms. The normalized spacial score (nSPS) is 16.5. The first-order chi connectivity index (χ1) is 12.6. The second-order valence-electron chi connectivity index (χ2n) is 6.77. The van der Waals surface area contributed by atoms with Gasteiger partial charge in [-0.1, -0.05) is 18.2 Å². The minimum absolute atomic E-state index is 0.265. The lowest BCUT2D eigenvalue weighted by Crippen LogP contribution is -2.31. The zero-order valence-electron chi connectivity index (χ0n) is 15.3. The zero-order chi connectivity index (χ0) is 18.5. The average molecular weight is 354 g/mol. The third-order valence-corrected chi connectivity index (χ3v) is 4.80. The number of hydrogen-bond donors (Lipinski definition) is 5. The topological polar surface area (TPSA) is 106 Å². The van der Waals surface area contributed by atoms with E-state index in [2.05, 4.69) is 58.0 Å². The number of nitrogens with one attached hydrogen (secondary N) is 5. The van der Waals surface area contributed by atoms with Crippen molar-refractivity contribution in [3.63, 3.8) is 0 Å². The van der Waals surface area contributed by atoms with Gasteiger partial charge in [-0.25, -0.2) is 4.98 Å². The maximum Gasteiger partial charge on any atom is 0.276 e. The Kier molecular flexibility index (Phi) is 5.68. The molecule has 1 atom stereocenters. The molecule has 0 aliphatic carbocycles. The van der Waals surface area contributed by atoms with Crippen molar-refractivity contribution in [2.45, 2.75) is 39.3 Å². The fourth-order valence-corrected chi connectivity index (χ4v) is 3.11. The van der Waals surface area contributed by atoms with Gasteiger partial charge in [0.05, 0.1) is 0 Å². The summed E-state index contributed by atoms with van der Waals surface area (Å²) in [4.78, 5) is 19.5. The smallest absolute Gasteiger partial charge is 0.276 e. The maximum atomic E-state index is 12.4. The van der Waals surface area contributed by atoms with Crippen LogP contribution in [0.25, 0.3) is 0 Å². The fraction of sp³-hybridized carbons (Fsp3) is 0.421. The molecule has 2 aromatic rings. The summed E-state index contributed by atoms with van der Waals surface area (Å²) in [5.41, 5.74) is 4.02. The maximum absolute atomic E-state index is 12.4. The van der Waals surface area contributed by atoms with Gasteiger partial charge in [-0.2, -0.15) is 0 Å². The summed E-state index contributed by atoms with van der Waals surface area (Å²) in [6.45, 7) is 6.38. The molecule has 1 fully saturated rings. The van der Waals surface area contributed by atoms with Gasteiger partial charge in [0.2, 0.25) is 5.95 Å². The molecule has 0 amide bonds. The van der Waals surface area contributed by atoms with Gasteiger partial charge in [0.25, 0.3) is 5.56 Å². The van der Waals surface area contributed by atoms with Crippen LogP contribution in [0.1, 0.15) is 35.2 Å². The molecule has 0 radical (unpaired) electrons. The van der Waals surface area contributed by atoms with Gasteiger partial charge in [-0.05, 0) is 49.9 Å². The lowest BCUT2D eigenvalue weighted by atomic mass is 10.1. The lowest BCUT2D eigenvalue weighted by Gasteiger charge is -2.14. The van der Waals surface area contributed by atoms with E-state index in [-0.39, 0.29) is 5.56 Å². The highest BCUT2D eigenvalue weighted by molar-refractivity contribution is 5.83. The van der Waals surface area contributed by atoms with Crippen LogP contribution in [0, 0.1) is 19.3 Å². The molecule has 2 heterocycles. The van der Waals surface area contributed by atoms with Crippen LogP contribution in [0.15, 0.2) is 23.0 Å². The molecule has 138 valence electrons. The quantitative estimate of drug-likeness (QED) is 0.490. The molecular weight excluding hydrogens is 328 g/mol. The summed E-state index contributed by atoms with van der Waals surface area (Å²) in [7, 11) is 0. The molecule has 1 aromatic carbocycles. The first kappa shape index (κ1) is 18.1. The number of benzene rings is 1. The van der Waals surface area contributed by atoms with E-state index in [4.69, 9.17) is 5.41 Å². The number of nitrogens with zero attached hydrogens (tertiary/aromatic N) is 1. The van der Waals surface area contributed by atoms with E-state index in [0.29, 0.717) is 36.5 Å². The van der Waals surface area contributed by atoms with Gasteiger partial charge in [-0.15, -0.1) is 0 Å². The van der Waals surface area contributed by atoms with Crippen molar-refractivity contribution in [3.05, 3.63) is 50.9 Å². The highest BCUT2D eigenvalue weighted by Crippen LogP contribution is 2.13. The molecule has 5 N–H and O–H groups in total. The summed E-state index contributed by atoms with van der Waals surface area (Å²) >= 11 is 0. The van der Waals surface area contributed by atoms with E-state index in [1.165, 1.54) is 11.1 Å². The highest BCUT2D eigenvalue weighted by atomic mass is 16.1. The van der Waals surface area contributed by atoms with Crippen LogP contribution in [-0.4, -0.2) is 35.3 Å². The Morgan fingerprint density at radius 1 is 1.31 bits per heavy atom. The van der Waals surface area contributed by atoms with Crippen LogP contribution in [-0.2, 0) is 6.54 Å². The SMILES string of the molecule is Cc1ccc(CNc2nc(C=N)c(NCC3CCCN3)c(=O)[nH]2)cc1C. The van der Waals surface area contributed by atoms with Crippen molar-refractivity contribution in [1.82, 2.24) is 15.3 Å². The average Bonchev–Trinajstić information content (AvgIpc) is 3.15. The van der Waals surface area contributed by atoms with E-state index >= 15 is 0 Å². The van der Waals surface area contributed by atoms with E-state index in [0.717, 1.165) is 31.2 Å². The van der Waals surface area contributed by atoms with Crippen LogP contribution in [0.3, 0.4) is 0 Å². The van der Waals surface area contributed by atoms with Gasteiger partial charge in [0.15, 0.2) is 0 Å². The number of aromatic nitrogens is 2. The summed E-state index contributed by atoms with van der Waals surface area (Å²) in [6, 6.07) is 6.60. The predicted octanol–water partition coefficient (Wildman–Crippen LogP) is 2.16. The number of anilines is 2. The molecule has 7 nitrogen and oxygen atoms in total. The van der Waals surface area contributed by atoms with Crippen LogP contribution in [0.5, 0.6) is 0 Å². The van der Waals surface area contributed by atoms with Crippen LogP contribution in [0.2, 0.25) is 0 Å². The molecule has 7 heteroatoms. The molecule has 1 aliphatic heterocycles. The fourth-order valence-electron chi connectivity index (χ4n) is 3.11. The van der Waals surface area contributed by atoms with Crippen molar-refractivity contribution in [1.29, 1.82) is 5.41 Å². The van der Waals surface area contributed by atoms with Gasteiger partial charge >= 0.3 is 0 Å². The molecule has 1 saturated heterocycles.